The maximum atomic E-state index is 12.4. The van der Waals surface area contributed by atoms with Gasteiger partial charge in [-0.3, -0.25) is 4.79 Å². The van der Waals surface area contributed by atoms with Gasteiger partial charge in [0.25, 0.3) is 5.89 Å². The summed E-state index contributed by atoms with van der Waals surface area (Å²) in [6, 6.07) is 22.5. The number of aryl methyl sites for hydroxylation is 1. The van der Waals surface area contributed by atoms with E-state index in [2.05, 4.69) is 15.5 Å². The van der Waals surface area contributed by atoms with Crippen LogP contribution < -0.4 is 14.8 Å². The van der Waals surface area contributed by atoms with E-state index < -0.39 is 0 Å². The minimum atomic E-state index is -0.127. The van der Waals surface area contributed by atoms with Gasteiger partial charge in [0.1, 0.15) is 11.5 Å². The van der Waals surface area contributed by atoms with Crippen molar-refractivity contribution in [1.29, 1.82) is 0 Å². The second kappa shape index (κ2) is 9.78. The van der Waals surface area contributed by atoms with Gasteiger partial charge < -0.3 is 19.3 Å². The van der Waals surface area contributed by atoms with Crippen molar-refractivity contribution >= 4 is 11.6 Å². The molecule has 0 spiro atoms. The Morgan fingerprint density at radius 3 is 2.62 bits per heavy atom. The third-order valence-electron chi connectivity index (χ3n) is 4.79. The number of carbonyl (C=O) groups excluding carboxylic acids is 1. The monoisotopic (exact) mass is 429 g/mol. The largest absolute Gasteiger partial charge is 0.496 e. The van der Waals surface area contributed by atoms with Crippen LogP contribution in [-0.2, 0) is 17.8 Å². The summed E-state index contributed by atoms with van der Waals surface area (Å²) < 4.78 is 16.3. The molecule has 0 unspecified atom stereocenters. The van der Waals surface area contributed by atoms with Crippen LogP contribution in [0.3, 0.4) is 0 Å². The highest BCUT2D eigenvalue weighted by Crippen LogP contribution is 2.21. The van der Waals surface area contributed by atoms with Crippen molar-refractivity contribution in [2.45, 2.75) is 20.0 Å². The van der Waals surface area contributed by atoms with Gasteiger partial charge in [0.05, 0.1) is 13.5 Å². The molecule has 0 saturated carbocycles. The van der Waals surface area contributed by atoms with Crippen LogP contribution in [0.1, 0.15) is 17.0 Å². The van der Waals surface area contributed by atoms with Crippen molar-refractivity contribution < 1.29 is 18.8 Å². The van der Waals surface area contributed by atoms with E-state index in [0.717, 1.165) is 22.4 Å². The number of amides is 1. The lowest BCUT2D eigenvalue weighted by Crippen LogP contribution is -2.14. The summed E-state index contributed by atoms with van der Waals surface area (Å²) in [6.07, 6.45) is 0.223. The smallest absolute Gasteiger partial charge is 0.264 e. The lowest BCUT2D eigenvalue weighted by atomic mass is 10.1. The molecule has 0 atom stereocenters. The highest BCUT2D eigenvalue weighted by molar-refractivity contribution is 5.92. The molecule has 0 saturated heterocycles. The molecule has 7 heteroatoms. The molecule has 1 amide bonds. The molecule has 0 fully saturated rings. The van der Waals surface area contributed by atoms with E-state index in [-0.39, 0.29) is 18.9 Å². The highest BCUT2D eigenvalue weighted by Gasteiger charge is 2.11. The van der Waals surface area contributed by atoms with Gasteiger partial charge >= 0.3 is 0 Å². The Morgan fingerprint density at radius 2 is 1.84 bits per heavy atom. The summed E-state index contributed by atoms with van der Waals surface area (Å²) in [5, 5.41) is 6.90. The number of rotatable bonds is 8. The van der Waals surface area contributed by atoms with Gasteiger partial charge in [0.15, 0.2) is 6.61 Å². The average Bonchev–Trinajstić information content (AvgIpc) is 3.28. The molecular weight excluding hydrogens is 406 g/mol. The van der Waals surface area contributed by atoms with Crippen LogP contribution in [-0.4, -0.2) is 23.2 Å². The number of anilines is 1. The van der Waals surface area contributed by atoms with Crippen molar-refractivity contribution in [3.05, 3.63) is 89.8 Å². The normalized spacial score (nSPS) is 10.6. The second-order valence-electron chi connectivity index (χ2n) is 7.23. The molecule has 162 valence electrons. The van der Waals surface area contributed by atoms with Gasteiger partial charge in [-0.2, -0.15) is 4.98 Å². The molecule has 0 aliphatic heterocycles. The van der Waals surface area contributed by atoms with Gasteiger partial charge in [-0.25, -0.2) is 0 Å². The zero-order chi connectivity index (χ0) is 22.3. The van der Waals surface area contributed by atoms with Crippen molar-refractivity contribution in [2.24, 2.45) is 0 Å². The number of para-hydroxylation sites is 1. The number of hydrogen-bond donors (Lipinski definition) is 1. The predicted molar refractivity (Wildman–Crippen MR) is 121 cm³/mol. The van der Waals surface area contributed by atoms with Gasteiger partial charge in [0.2, 0.25) is 11.7 Å². The zero-order valence-corrected chi connectivity index (χ0v) is 17.9. The van der Waals surface area contributed by atoms with Crippen LogP contribution in [0.2, 0.25) is 0 Å². The summed E-state index contributed by atoms with van der Waals surface area (Å²) in [6.45, 7) is 2.19. The number of aromatic nitrogens is 2. The fraction of sp³-hybridized carbons (Fsp3) is 0.160. The molecule has 32 heavy (non-hydrogen) atoms. The van der Waals surface area contributed by atoms with Crippen molar-refractivity contribution in [3.8, 4) is 22.9 Å². The Morgan fingerprint density at radius 1 is 1.03 bits per heavy atom. The second-order valence-corrected chi connectivity index (χ2v) is 7.23. The number of benzene rings is 3. The fourth-order valence-corrected chi connectivity index (χ4v) is 3.21. The van der Waals surface area contributed by atoms with Gasteiger partial charge in [-0.1, -0.05) is 35.5 Å². The van der Waals surface area contributed by atoms with Crippen LogP contribution in [0.15, 0.2) is 77.3 Å². The minimum Gasteiger partial charge on any atom is -0.496 e. The summed E-state index contributed by atoms with van der Waals surface area (Å²) in [5.41, 5.74) is 3.40. The lowest BCUT2D eigenvalue weighted by molar-refractivity contribution is -0.115. The minimum absolute atomic E-state index is 0.127. The van der Waals surface area contributed by atoms with Crippen LogP contribution in [0.5, 0.6) is 11.5 Å². The molecule has 3 aromatic carbocycles. The molecule has 0 aliphatic carbocycles. The molecule has 0 radical (unpaired) electrons. The summed E-state index contributed by atoms with van der Waals surface area (Å²) in [4.78, 5) is 16.8. The first-order valence-corrected chi connectivity index (χ1v) is 10.1. The first-order valence-electron chi connectivity index (χ1n) is 10.1. The summed E-state index contributed by atoms with van der Waals surface area (Å²) >= 11 is 0. The third kappa shape index (κ3) is 5.31. The Balaban J connectivity index is 1.35. The van der Waals surface area contributed by atoms with Crippen molar-refractivity contribution in [1.82, 2.24) is 10.1 Å². The van der Waals surface area contributed by atoms with E-state index in [1.54, 1.807) is 19.2 Å². The molecule has 1 aromatic heterocycles. The number of nitrogens with zero attached hydrogens (tertiary/aromatic N) is 2. The lowest BCUT2D eigenvalue weighted by Gasteiger charge is -2.09. The maximum absolute atomic E-state index is 12.4. The van der Waals surface area contributed by atoms with Gasteiger partial charge in [-0.05, 0) is 55.0 Å². The van der Waals surface area contributed by atoms with E-state index in [9.17, 15) is 4.79 Å². The Hall–Kier alpha value is -4.13. The molecule has 1 heterocycles. The number of ether oxygens (including phenoxy) is 2. The Bertz CT molecular complexity index is 1200. The van der Waals surface area contributed by atoms with Crippen molar-refractivity contribution in [3.63, 3.8) is 0 Å². The SMILES string of the molecule is COc1ccccc1CC(=O)Nc1ccc(-c2noc(COc3cccc(C)c3)n2)cc1. The van der Waals surface area contributed by atoms with E-state index in [1.807, 2.05) is 67.6 Å². The third-order valence-corrected chi connectivity index (χ3v) is 4.79. The summed E-state index contributed by atoms with van der Waals surface area (Å²) in [7, 11) is 1.59. The maximum Gasteiger partial charge on any atom is 0.264 e. The topological polar surface area (TPSA) is 86.5 Å². The van der Waals surface area contributed by atoms with Crippen LogP contribution in [0.4, 0.5) is 5.69 Å². The first kappa shape index (κ1) is 21.1. The number of hydrogen-bond acceptors (Lipinski definition) is 6. The molecule has 1 N–H and O–H groups in total. The summed E-state index contributed by atoms with van der Waals surface area (Å²) in [5.74, 6) is 2.16. The standard InChI is InChI=1S/C25H23N3O4/c1-17-6-5-8-21(14-17)31-16-24-27-25(28-32-24)18-10-12-20(13-11-18)26-23(29)15-19-7-3-4-9-22(19)30-2/h3-14H,15-16H2,1-2H3,(H,26,29). The first-order chi connectivity index (χ1) is 15.6. The Kier molecular flexibility index (Phi) is 6.46. The molecule has 0 bridgehead atoms. The van der Waals surface area contributed by atoms with Crippen LogP contribution in [0, 0.1) is 6.92 Å². The van der Waals surface area contributed by atoms with E-state index >= 15 is 0 Å². The molecule has 4 rings (SSSR count). The van der Waals surface area contributed by atoms with E-state index in [0.29, 0.717) is 23.2 Å². The van der Waals surface area contributed by atoms with Crippen LogP contribution >= 0.6 is 0 Å². The number of carbonyl (C=O) groups is 1. The Labute approximate surface area is 186 Å². The predicted octanol–water partition coefficient (Wildman–Crippen LogP) is 4.81. The highest BCUT2D eigenvalue weighted by atomic mass is 16.5. The molecule has 0 aliphatic rings. The van der Waals surface area contributed by atoms with E-state index in [1.165, 1.54) is 0 Å². The van der Waals surface area contributed by atoms with E-state index in [4.69, 9.17) is 14.0 Å². The van der Waals surface area contributed by atoms with Crippen molar-refractivity contribution in [2.75, 3.05) is 12.4 Å². The zero-order valence-electron chi connectivity index (χ0n) is 17.9. The van der Waals surface area contributed by atoms with Crippen LogP contribution in [0.25, 0.3) is 11.4 Å². The molecular formula is C25H23N3O4. The molecule has 4 aromatic rings. The van der Waals surface area contributed by atoms with Gasteiger partial charge in [-0.15, -0.1) is 0 Å². The number of nitrogens with one attached hydrogen (secondary N) is 1. The average molecular weight is 429 g/mol. The molecule has 7 nitrogen and oxygen atoms in total. The number of methoxy groups -OCH3 is 1. The van der Waals surface area contributed by atoms with Gasteiger partial charge in [0, 0.05) is 16.8 Å². The quantitative estimate of drug-likeness (QED) is 0.432. The fourth-order valence-electron chi connectivity index (χ4n) is 3.21.